The van der Waals surface area contributed by atoms with E-state index < -0.39 is 0 Å². The van der Waals surface area contributed by atoms with Crippen LogP contribution in [0.2, 0.25) is 0 Å². The first-order valence-electron chi connectivity index (χ1n) is 9.21. The van der Waals surface area contributed by atoms with Crippen molar-refractivity contribution in [2.24, 2.45) is 0 Å². The minimum Gasteiger partial charge on any atom is -0.431 e. The number of nitrogen functional groups attached to an aromatic ring is 1. The first-order chi connectivity index (χ1) is 13.5. The van der Waals surface area contributed by atoms with Gasteiger partial charge in [0.1, 0.15) is 6.26 Å². The second kappa shape index (κ2) is 7.30. The number of anilines is 3. The zero-order chi connectivity index (χ0) is 19.7. The fraction of sp³-hybridized carbons (Fsp3) is 0.300. The Morgan fingerprint density at radius 1 is 1.25 bits per heavy atom. The van der Waals surface area contributed by atoms with Crippen LogP contribution >= 0.6 is 0 Å². The largest absolute Gasteiger partial charge is 0.431 e. The Hall–Kier alpha value is -3.42. The first kappa shape index (κ1) is 18.0. The number of carbonyl (C=O) groups is 1. The number of nitrogens with two attached hydrogens (primary N) is 1. The second-order valence-corrected chi connectivity index (χ2v) is 7.12. The van der Waals surface area contributed by atoms with Gasteiger partial charge in [-0.15, -0.1) is 0 Å². The standard InChI is InChI=1S/C20H22N6O2/c1-12(2)13-3-5-15(6-4-13)23-18(27)17-11-28-20(25-17)26-8-7-16-14(10-26)9-22-19(21)24-16/h3-6,9,11-12H,7-8,10H2,1-2H3,(H,23,27)(H2,21,22,24). The molecule has 1 aromatic carbocycles. The molecule has 0 saturated heterocycles. The maximum atomic E-state index is 12.5. The Balaban J connectivity index is 1.44. The third-order valence-corrected chi connectivity index (χ3v) is 4.78. The van der Waals surface area contributed by atoms with Crippen LogP contribution in [0.3, 0.4) is 0 Å². The number of rotatable bonds is 4. The molecule has 2 aromatic heterocycles. The van der Waals surface area contributed by atoms with Crippen molar-refractivity contribution >= 4 is 23.6 Å². The molecular formula is C20H22N6O2. The molecule has 0 aliphatic carbocycles. The van der Waals surface area contributed by atoms with Crippen molar-refractivity contribution in [1.82, 2.24) is 15.0 Å². The molecule has 28 heavy (non-hydrogen) atoms. The summed E-state index contributed by atoms with van der Waals surface area (Å²) in [6.07, 6.45) is 3.82. The molecule has 8 nitrogen and oxygen atoms in total. The van der Waals surface area contributed by atoms with Gasteiger partial charge in [0.15, 0.2) is 5.69 Å². The molecule has 3 aromatic rings. The number of hydrogen-bond acceptors (Lipinski definition) is 7. The molecule has 0 radical (unpaired) electrons. The molecule has 144 valence electrons. The van der Waals surface area contributed by atoms with Crippen LogP contribution in [0.25, 0.3) is 0 Å². The molecule has 0 atom stereocenters. The van der Waals surface area contributed by atoms with E-state index in [1.807, 2.05) is 29.2 Å². The van der Waals surface area contributed by atoms with Gasteiger partial charge in [0.25, 0.3) is 11.9 Å². The van der Waals surface area contributed by atoms with Crippen LogP contribution in [0.5, 0.6) is 0 Å². The third kappa shape index (κ3) is 3.66. The maximum Gasteiger partial charge on any atom is 0.298 e. The van der Waals surface area contributed by atoms with E-state index in [0.717, 1.165) is 16.9 Å². The molecule has 0 unspecified atom stereocenters. The van der Waals surface area contributed by atoms with E-state index in [1.165, 1.54) is 11.8 Å². The summed E-state index contributed by atoms with van der Waals surface area (Å²) in [5, 5.41) is 2.85. The van der Waals surface area contributed by atoms with E-state index in [9.17, 15) is 4.79 Å². The molecule has 3 heterocycles. The van der Waals surface area contributed by atoms with Crippen LogP contribution < -0.4 is 16.0 Å². The summed E-state index contributed by atoms with van der Waals surface area (Å²) in [7, 11) is 0. The Labute approximate surface area is 162 Å². The average Bonchev–Trinajstić information content (AvgIpc) is 3.18. The molecule has 4 rings (SSSR count). The summed E-state index contributed by atoms with van der Waals surface area (Å²) in [6.45, 7) is 5.50. The SMILES string of the molecule is CC(C)c1ccc(NC(=O)c2coc(N3CCc4nc(N)ncc4C3)n2)cc1. The normalized spacial score (nSPS) is 13.5. The summed E-state index contributed by atoms with van der Waals surface area (Å²) in [5.74, 6) is 0.420. The second-order valence-electron chi connectivity index (χ2n) is 7.12. The zero-order valence-corrected chi connectivity index (χ0v) is 15.8. The average molecular weight is 378 g/mol. The molecule has 0 bridgehead atoms. The number of hydrogen-bond donors (Lipinski definition) is 2. The highest BCUT2D eigenvalue weighted by atomic mass is 16.4. The van der Waals surface area contributed by atoms with Crippen LogP contribution in [0.1, 0.15) is 47.1 Å². The monoisotopic (exact) mass is 378 g/mol. The number of fused-ring (bicyclic) bond motifs is 1. The van der Waals surface area contributed by atoms with E-state index in [0.29, 0.717) is 31.4 Å². The topological polar surface area (TPSA) is 110 Å². The lowest BCUT2D eigenvalue weighted by Crippen LogP contribution is -2.31. The highest BCUT2D eigenvalue weighted by Crippen LogP contribution is 2.23. The van der Waals surface area contributed by atoms with E-state index >= 15 is 0 Å². The van der Waals surface area contributed by atoms with E-state index in [4.69, 9.17) is 10.2 Å². The molecule has 0 spiro atoms. The van der Waals surface area contributed by atoms with Crippen molar-refractivity contribution in [2.45, 2.75) is 32.7 Å². The lowest BCUT2D eigenvalue weighted by Gasteiger charge is -2.26. The lowest BCUT2D eigenvalue weighted by atomic mass is 10.0. The predicted octanol–water partition coefficient (Wildman–Crippen LogP) is 2.99. The molecule has 3 N–H and O–H groups in total. The molecule has 0 fully saturated rings. The summed E-state index contributed by atoms with van der Waals surface area (Å²) in [6, 6.07) is 8.20. The van der Waals surface area contributed by atoms with Crippen LogP contribution in [0, 0.1) is 0 Å². The van der Waals surface area contributed by atoms with Crippen LogP contribution in [0.4, 0.5) is 17.7 Å². The summed E-state index contributed by atoms with van der Waals surface area (Å²) in [4.78, 5) is 27.1. The molecule has 0 saturated carbocycles. The summed E-state index contributed by atoms with van der Waals surface area (Å²) >= 11 is 0. The van der Waals surface area contributed by atoms with Crippen molar-refractivity contribution in [3.8, 4) is 0 Å². The Morgan fingerprint density at radius 2 is 2.04 bits per heavy atom. The van der Waals surface area contributed by atoms with Crippen molar-refractivity contribution in [3.63, 3.8) is 0 Å². The van der Waals surface area contributed by atoms with Crippen molar-refractivity contribution < 1.29 is 9.21 Å². The minimum atomic E-state index is -0.305. The highest BCUT2D eigenvalue weighted by Gasteiger charge is 2.23. The quantitative estimate of drug-likeness (QED) is 0.718. The van der Waals surface area contributed by atoms with E-state index in [1.54, 1.807) is 6.20 Å². The molecule has 8 heteroatoms. The summed E-state index contributed by atoms with van der Waals surface area (Å²) in [5.41, 5.74) is 9.74. The number of benzene rings is 1. The third-order valence-electron chi connectivity index (χ3n) is 4.78. The zero-order valence-electron chi connectivity index (χ0n) is 15.8. The fourth-order valence-electron chi connectivity index (χ4n) is 3.16. The Kier molecular flexibility index (Phi) is 4.68. The smallest absolute Gasteiger partial charge is 0.298 e. The van der Waals surface area contributed by atoms with Gasteiger partial charge < -0.3 is 20.4 Å². The molecular weight excluding hydrogens is 356 g/mol. The van der Waals surface area contributed by atoms with Crippen LogP contribution in [-0.4, -0.2) is 27.4 Å². The van der Waals surface area contributed by atoms with Gasteiger partial charge in [-0.2, -0.15) is 4.98 Å². The maximum absolute atomic E-state index is 12.5. The molecule has 1 amide bonds. The van der Waals surface area contributed by atoms with Crippen LogP contribution in [0.15, 0.2) is 41.1 Å². The van der Waals surface area contributed by atoms with Crippen molar-refractivity contribution in [1.29, 1.82) is 0 Å². The number of carbonyl (C=O) groups excluding carboxylic acids is 1. The van der Waals surface area contributed by atoms with Gasteiger partial charge in [0.05, 0.1) is 12.2 Å². The minimum absolute atomic E-state index is 0.238. The van der Waals surface area contributed by atoms with E-state index in [-0.39, 0.29) is 17.5 Å². The van der Waals surface area contributed by atoms with Crippen molar-refractivity contribution in [3.05, 3.63) is 59.2 Å². The number of amides is 1. The number of nitrogens with zero attached hydrogens (tertiary/aromatic N) is 4. The van der Waals surface area contributed by atoms with Gasteiger partial charge in [-0.1, -0.05) is 26.0 Å². The van der Waals surface area contributed by atoms with Gasteiger partial charge in [-0.3, -0.25) is 4.79 Å². The van der Waals surface area contributed by atoms with Gasteiger partial charge in [0, 0.05) is 30.4 Å². The number of oxazole rings is 1. The van der Waals surface area contributed by atoms with Crippen LogP contribution in [-0.2, 0) is 13.0 Å². The van der Waals surface area contributed by atoms with Gasteiger partial charge >= 0.3 is 0 Å². The number of aromatic nitrogens is 3. The highest BCUT2D eigenvalue weighted by molar-refractivity contribution is 6.02. The summed E-state index contributed by atoms with van der Waals surface area (Å²) < 4.78 is 5.54. The Bertz CT molecular complexity index is 996. The molecule has 1 aliphatic rings. The predicted molar refractivity (Wildman–Crippen MR) is 106 cm³/mol. The lowest BCUT2D eigenvalue weighted by molar-refractivity contribution is 0.102. The Morgan fingerprint density at radius 3 is 2.79 bits per heavy atom. The first-order valence-corrected chi connectivity index (χ1v) is 9.21. The van der Waals surface area contributed by atoms with Crippen molar-refractivity contribution in [2.75, 3.05) is 22.5 Å². The van der Waals surface area contributed by atoms with Gasteiger partial charge in [0.2, 0.25) is 5.95 Å². The molecule has 1 aliphatic heterocycles. The van der Waals surface area contributed by atoms with E-state index in [2.05, 4.69) is 34.1 Å². The van der Waals surface area contributed by atoms with Gasteiger partial charge in [-0.25, -0.2) is 9.97 Å². The number of nitrogens with one attached hydrogen (secondary N) is 1. The van der Waals surface area contributed by atoms with Gasteiger partial charge in [-0.05, 0) is 23.6 Å². The fourth-order valence-corrected chi connectivity index (χ4v) is 3.16.